The van der Waals surface area contributed by atoms with Gasteiger partial charge >= 0.3 is 0 Å². The molecule has 170 valence electrons. The maximum absolute atomic E-state index is 4.38. The molecule has 0 aromatic heterocycles. The molecule has 0 amide bonds. The van der Waals surface area contributed by atoms with E-state index in [2.05, 4.69) is 65.9 Å². The van der Waals surface area contributed by atoms with Crippen molar-refractivity contribution in [3.8, 4) is 0 Å². The second kappa shape index (κ2) is 13.8. The van der Waals surface area contributed by atoms with Crippen molar-refractivity contribution >= 4 is 93.8 Å². The standard InChI is InChI=1S/C22H26N8.2HI/c1-23-21(24-2)29-27-13-19-15-9-5-7-11-17(15)20(14-28-30-22(25-3)26-4)18-12-8-6-10-16(18)19;;/h5-14H,1-4H3,(H2,23,24,29)(H2,25,26,30);2*1H. The molecule has 32 heavy (non-hydrogen) atoms. The highest BCUT2D eigenvalue weighted by Crippen LogP contribution is 2.31. The molecule has 0 atom stereocenters. The van der Waals surface area contributed by atoms with Crippen LogP contribution in [-0.4, -0.2) is 52.5 Å². The van der Waals surface area contributed by atoms with Crippen molar-refractivity contribution in [3.05, 3.63) is 59.7 Å². The van der Waals surface area contributed by atoms with E-state index in [9.17, 15) is 0 Å². The van der Waals surface area contributed by atoms with Crippen LogP contribution in [0.25, 0.3) is 21.5 Å². The number of nitrogens with zero attached hydrogens (tertiary/aromatic N) is 4. The molecule has 3 rings (SSSR count). The van der Waals surface area contributed by atoms with E-state index in [4.69, 9.17) is 0 Å². The summed E-state index contributed by atoms with van der Waals surface area (Å²) in [5.74, 6) is 1.18. The zero-order chi connectivity index (χ0) is 21.3. The summed E-state index contributed by atoms with van der Waals surface area (Å²) in [5, 5.41) is 19.0. The lowest BCUT2D eigenvalue weighted by molar-refractivity contribution is 0.943. The molecule has 0 aliphatic rings. The third-order valence-electron chi connectivity index (χ3n) is 4.66. The van der Waals surface area contributed by atoms with Crippen LogP contribution in [0, 0.1) is 0 Å². The zero-order valence-electron chi connectivity index (χ0n) is 18.4. The molecule has 0 fully saturated rings. The summed E-state index contributed by atoms with van der Waals surface area (Å²) >= 11 is 0. The van der Waals surface area contributed by atoms with Gasteiger partial charge < -0.3 is 10.6 Å². The summed E-state index contributed by atoms with van der Waals surface area (Å²) in [5.41, 5.74) is 7.90. The molecule has 0 saturated carbocycles. The van der Waals surface area contributed by atoms with Crippen LogP contribution in [0.3, 0.4) is 0 Å². The van der Waals surface area contributed by atoms with Crippen molar-refractivity contribution < 1.29 is 0 Å². The molecular weight excluding hydrogens is 630 g/mol. The fourth-order valence-electron chi connectivity index (χ4n) is 3.23. The number of aliphatic imine (C=N–C) groups is 2. The Balaban J connectivity index is 0.00000256. The Hall–Kier alpha value is -2.48. The molecule has 0 saturated heterocycles. The number of rotatable bonds is 4. The average molecular weight is 658 g/mol. The third-order valence-corrected chi connectivity index (χ3v) is 4.66. The maximum Gasteiger partial charge on any atom is 0.211 e. The van der Waals surface area contributed by atoms with E-state index >= 15 is 0 Å². The number of hydrogen-bond acceptors (Lipinski definition) is 4. The Bertz CT molecular complexity index is 1010. The van der Waals surface area contributed by atoms with Crippen LogP contribution in [0.1, 0.15) is 11.1 Å². The van der Waals surface area contributed by atoms with Gasteiger partial charge in [0.15, 0.2) is 0 Å². The van der Waals surface area contributed by atoms with Gasteiger partial charge in [-0.2, -0.15) is 10.2 Å². The van der Waals surface area contributed by atoms with Gasteiger partial charge in [-0.05, 0) is 21.5 Å². The lowest BCUT2D eigenvalue weighted by Gasteiger charge is -2.12. The summed E-state index contributed by atoms with van der Waals surface area (Å²) in [6.07, 6.45) is 3.66. The normalized spacial score (nSPS) is 12.0. The molecule has 8 nitrogen and oxygen atoms in total. The topological polar surface area (TPSA) is 97.6 Å². The fourth-order valence-corrected chi connectivity index (χ4v) is 3.23. The van der Waals surface area contributed by atoms with E-state index in [1.807, 2.05) is 36.7 Å². The van der Waals surface area contributed by atoms with E-state index in [1.54, 1.807) is 28.2 Å². The Labute approximate surface area is 222 Å². The van der Waals surface area contributed by atoms with Crippen LogP contribution in [0.2, 0.25) is 0 Å². The molecule has 0 unspecified atom stereocenters. The van der Waals surface area contributed by atoms with Crippen molar-refractivity contribution in [2.24, 2.45) is 20.2 Å². The molecule has 0 bridgehead atoms. The van der Waals surface area contributed by atoms with Gasteiger partial charge in [-0.15, -0.1) is 48.0 Å². The van der Waals surface area contributed by atoms with Crippen LogP contribution in [0.4, 0.5) is 0 Å². The lowest BCUT2D eigenvalue weighted by atomic mass is 9.92. The predicted octanol–water partition coefficient (Wildman–Crippen LogP) is 3.49. The second-order valence-electron chi connectivity index (χ2n) is 6.30. The minimum atomic E-state index is 0. The minimum Gasteiger partial charge on any atom is -0.358 e. The van der Waals surface area contributed by atoms with Crippen molar-refractivity contribution in [2.75, 3.05) is 28.2 Å². The number of benzene rings is 3. The number of hydrazone groups is 2. The first-order chi connectivity index (χ1) is 14.7. The highest BCUT2D eigenvalue weighted by atomic mass is 127. The van der Waals surface area contributed by atoms with E-state index in [0.717, 1.165) is 32.7 Å². The number of guanidine groups is 2. The monoisotopic (exact) mass is 658 g/mol. The second-order valence-corrected chi connectivity index (χ2v) is 6.30. The number of halogens is 2. The van der Waals surface area contributed by atoms with Gasteiger partial charge in [0.25, 0.3) is 0 Å². The number of fused-ring (bicyclic) bond motifs is 2. The molecule has 0 spiro atoms. The molecule has 0 aliphatic heterocycles. The van der Waals surface area contributed by atoms with E-state index < -0.39 is 0 Å². The molecule has 0 radical (unpaired) electrons. The number of hydrogen-bond donors (Lipinski definition) is 4. The fraction of sp³-hybridized carbons (Fsp3) is 0.182. The van der Waals surface area contributed by atoms with Crippen molar-refractivity contribution in [1.29, 1.82) is 0 Å². The van der Waals surface area contributed by atoms with Crippen molar-refractivity contribution in [2.45, 2.75) is 0 Å². The van der Waals surface area contributed by atoms with Crippen molar-refractivity contribution in [3.63, 3.8) is 0 Å². The van der Waals surface area contributed by atoms with Crippen LogP contribution in [-0.2, 0) is 0 Å². The zero-order valence-corrected chi connectivity index (χ0v) is 23.0. The third kappa shape index (κ3) is 6.28. The van der Waals surface area contributed by atoms with Crippen molar-refractivity contribution in [1.82, 2.24) is 21.5 Å². The van der Waals surface area contributed by atoms with Gasteiger partial charge in [0, 0.05) is 39.3 Å². The van der Waals surface area contributed by atoms with E-state index in [-0.39, 0.29) is 48.0 Å². The Kier molecular flexibility index (Phi) is 11.9. The Morgan fingerprint density at radius 1 is 0.625 bits per heavy atom. The smallest absolute Gasteiger partial charge is 0.211 e. The van der Waals surface area contributed by atoms with Crippen LogP contribution in [0.5, 0.6) is 0 Å². The Morgan fingerprint density at radius 2 is 0.938 bits per heavy atom. The van der Waals surface area contributed by atoms with Gasteiger partial charge in [-0.3, -0.25) is 9.98 Å². The summed E-state index contributed by atoms with van der Waals surface area (Å²) in [7, 11) is 6.98. The van der Waals surface area contributed by atoms with Gasteiger partial charge in [-0.25, -0.2) is 10.9 Å². The SMILES string of the molecule is CN=C(NC)NN=Cc1c2ccccc2c(C=NNC(=NC)NC)c2ccccc12.I.I. The minimum absolute atomic E-state index is 0. The molecule has 0 aliphatic carbocycles. The summed E-state index contributed by atoms with van der Waals surface area (Å²) in [4.78, 5) is 8.16. The van der Waals surface area contributed by atoms with Gasteiger partial charge in [0.05, 0.1) is 12.4 Å². The Morgan fingerprint density at radius 3 is 1.19 bits per heavy atom. The molecule has 4 N–H and O–H groups in total. The van der Waals surface area contributed by atoms with Gasteiger partial charge in [0.2, 0.25) is 11.9 Å². The average Bonchev–Trinajstić information content (AvgIpc) is 2.80. The first-order valence-electron chi connectivity index (χ1n) is 9.54. The predicted molar refractivity (Wildman–Crippen MR) is 159 cm³/mol. The highest BCUT2D eigenvalue weighted by molar-refractivity contribution is 14.0. The molecule has 3 aromatic carbocycles. The van der Waals surface area contributed by atoms with Crippen LogP contribution < -0.4 is 21.5 Å². The van der Waals surface area contributed by atoms with Crippen LogP contribution >= 0.6 is 48.0 Å². The molecule has 10 heteroatoms. The van der Waals surface area contributed by atoms with E-state index in [0.29, 0.717) is 11.9 Å². The summed E-state index contributed by atoms with van der Waals surface area (Å²) in [6.45, 7) is 0. The van der Waals surface area contributed by atoms with Gasteiger partial charge in [0.1, 0.15) is 0 Å². The summed E-state index contributed by atoms with van der Waals surface area (Å²) in [6, 6.07) is 16.5. The summed E-state index contributed by atoms with van der Waals surface area (Å²) < 4.78 is 0. The molecule has 0 heterocycles. The first-order valence-corrected chi connectivity index (χ1v) is 9.54. The maximum atomic E-state index is 4.38. The van der Waals surface area contributed by atoms with Gasteiger partial charge in [-0.1, -0.05) is 48.5 Å². The first kappa shape index (κ1) is 27.6. The highest BCUT2D eigenvalue weighted by Gasteiger charge is 2.11. The largest absolute Gasteiger partial charge is 0.358 e. The molecular formula is C22H28I2N8. The van der Waals surface area contributed by atoms with Crippen LogP contribution in [0.15, 0.2) is 68.7 Å². The lowest BCUT2D eigenvalue weighted by Crippen LogP contribution is -2.31. The molecule has 3 aromatic rings. The van der Waals surface area contributed by atoms with E-state index in [1.165, 1.54) is 0 Å². The number of nitrogens with one attached hydrogen (secondary N) is 4. The quantitative estimate of drug-likeness (QED) is 0.114.